The number of hydrogen-bond donors (Lipinski definition) is 1. The number of thiazole rings is 1. The summed E-state index contributed by atoms with van der Waals surface area (Å²) in [6.07, 6.45) is 1.85. The predicted molar refractivity (Wildman–Crippen MR) is 106 cm³/mol. The van der Waals surface area contributed by atoms with Crippen LogP contribution in [0.4, 0.5) is 5.13 Å². The van der Waals surface area contributed by atoms with Crippen molar-refractivity contribution in [2.24, 2.45) is 10.7 Å². The highest BCUT2D eigenvalue weighted by atomic mass is 32.1. The molecule has 2 heterocycles. The van der Waals surface area contributed by atoms with E-state index in [1.807, 2.05) is 11.6 Å². The first kappa shape index (κ1) is 17.7. The Bertz CT molecular complexity index is 692. The van der Waals surface area contributed by atoms with Crippen LogP contribution in [0.5, 0.6) is 0 Å². The normalized spacial score (nSPS) is 16.4. The highest BCUT2D eigenvalue weighted by molar-refractivity contribution is 7.13. The zero-order chi connectivity index (χ0) is 17.9. The molecule has 1 aromatic heterocycles. The Labute approximate surface area is 154 Å². The molecule has 2 N–H and O–H groups in total. The molecule has 0 atom stereocenters. The van der Waals surface area contributed by atoms with Gasteiger partial charge in [-0.2, -0.15) is 0 Å². The second-order valence-corrected chi connectivity index (χ2v) is 8.28. The van der Waals surface area contributed by atoms with Crippen LogP contribution in [0.25, 0.3) is 0 Å². The van der Waals surface area contributed by atoms with E-state index in [2.05, 4.69) is 64.8 Å². The summed E-state index contributed by atoms with van der Waals surface area (Å²) in [5.74, 6) is 0.638. The van der Waals surface area contributed by atoms with Crippen LogP contribution in [0, 0.1) is 0 Å². The van der Waals surface area contributed by atoms with Gasteiger partial charge in [0.05, 0.1) is 6.54 Å². The number of anilines is 1. The lowest BCUT2D eigenvalue weighted by molar-refractivity contribution is 0.380. The smallest absolute Gasteiger partial charge is 0.191 e. The maximum Gasteiger partial charge on any atom is 0.191 e. The highest BCUT2D eigenvalue weighted by Crippen LogP contribution is 2.22. The van der Waals surface area contributed by atoms with Crippen molar-refractivity contribution in [3.63, 3.8) is 0 Å². The second kappa shape index (κ2) is 7.44. The van der Waals surface area contributed by atoms with Gasteiger partial charge >= 0.3 is 0 Å². The Morgan fingerprint density at radius 3 is 2.40 bits per heavy atom. The molecule has 6 heteroatoms. The number of aliphatic imine (C=N–C) groups is 1. The molecule has 1 aromatic carbocycles. The summed E-state index contributed by atoms with van der Waals surface area (Å²) in [6.45, 7) is 10.9. The molecule has 2 aromatic rings. The van der Waals surface area contributed by atoms with Crippen LogP contribution in [-0.4, -0.2) is 42.0 Å². The molecule has 0 bridgehead atoms. The zero-order valence-corrected chi connectivity index (χ0v) is 16.1. The number of piperazine rings is 1. The second-order valence-electron chi connectivity index (χ2n) is 7.41. The van der Waals surface area contributed by atoms with Crippen LogP contribution in [0.1, 0.15) is 31.9 Å². The molecule has 0 radical (unpaired) electrons. The fraction of sp³-hybridized carbons (Fsp3) is 0.474. The molecule has 0 unspecified atom stereocenters. The van der Waals surface area contributed by atoms with Crippen LogP contribution >= 0.6 is 11.3 Å². The van der Waals surface area contributed by atoms with Gasteiger partial charge in [-0.25, -0.2) is 9.98 Å². The average molecular weight is 358 g/mol. The Morgan fingerprint density at radius 2 is 1.84 bits per heavy atom. The standard InChI is InChI=1S/C19H27N5S/c1-19(2,3)16-6-4-15(5-7-16)14-22-17(20)23-9-11-24(12-10-23)18-21-8-13-25-18/h4-8,13H,9-12,14H2,1-3H3,(H2,20,22). The lowest BCUT2D eigenvalue weighted by atomic mass is 9.87. The lowest BCUT2D eigenvalue weighted by Crippen LogP contribution is -2.51. The van der Waals surface area contributed by atoms with Gasteiger partial charge < -0.3 is 15.5 Å². The summed E-state index contributed by atoms with van der Waals surface area (Å²) in [5, 5.41) is 3.11. The van der Waals surface area contributed by atoms with Gasteiger partial charge in [0.1, 0.15) is 0 Å². The molecular formula is C19H27N5S. The van der Waals surface area contributed by atoms with E-state index in [1.165, 1.54) is 11.1 Å². The topological polar surface area (TPSA) is 57.8 Å². The summed E-state index contributed by atoms with van der Waals surface area (Å²) in [4.78, 5) is 13.4. The molecule has 0 saturated carbocycles. The fourth-order valence-corrected chi connectivity index (χ4v) is 3.58. The van der Waals surface area contributed by atoms with Crippen molar-refractivity contribution >= 4 is 22.4 Å². The molecule has 3 rings (SSSR count). The number of aromatic nitrogens is 1. The summed E-state index contributed by atoms with van der Waals surface area (Å²) >= 11 is 1.68. The van der Waals surface area contributed by atoms with Crippen molar-refractivity contribution in [1.82, 2.24) is 9.88 Å². The van der Waals surface area contributed by atoms with Crippen LogP contribution in [0.15, 0.2) is 40.8 Å². The van der Waals surface area contributed by atoms with E-state index in [0.29, 0.717) is 12.5 Å². The van der Waals surface area contributed by atoms with Gasteiger partial charge in [0.25, 0.3) is 0 Å². The van der Waals surface area contributed by atoms with E-state index in [0.717, 1.165) is 31.3 Å². The number of nitrogens with zero attached hydrogens (tertiary/aromatic N) is 4. The highest BCUT2D eigenvalue weighted by Gasteiger charge is 2.19. The van der Waals surface area contributed by atoms with E-state index in [9.17, 15) is 0 Å². The Kier molecular flexibility index (Phi) is 5.27. The van der Waals surface area contributed by atoms with Crippen molar-refractivity contribution in [2.75, 3.05) is 31.1 Å². The quantitative estimate of drug-likeness (QED) is 0.677. The first-order chi connectivity index (χ1) is 11.9. The minimum absolute atomic E-state index is 0.178. The number of nitrogens with two attached hydrogens (primary N) is 1. The van der Waals surface area contributed by atoms with E-state index < -0.39 is 0 Å². The summed E-state index contributed by atoms with van der Waals surface area (Å²) in [5.41, 5.74) is 8.91. The molecule has 25 heavy (non-hydrogen) atoms. The fourth-order valence-electron chi connectivity index (χ4n) is 2.88. The van der Waals surface area contributed by atoms with Crippen LogP contribution in [0.3, 0.4) is 0 Å². The SMILES string of the molecule is CC(C)(C)c1ccc(CN=C(N)N2CCN(c3nccs3)CC2)cc1. The minimum Gasteiger partial charge on any atom is -0.370 e. The molecule has 0 aliphatic carbocycles. The monoisotopic (exact) mass is 357 g/mol. The van der Waals surface area contributed by atoms with Gasteiger partial charge in [-0.05, 0) is 16.5 Å². The number of hydrogen-bond acceptors (Lipinski definition) is 4. The van der Waals surface area contributed by atoms with Gasteiger partial charge in [-0.3, -0.25) is 0 Å². The maximum atomic E-state index is 6.20. The van der Waals surface area contributed by atoms with E-state index in [4.69, 9.17) is 5.73 Å². The molecular weight excluding hydrogens is 330 g/mol. The third-order valence-electron chi connectivity index (χ3n) is 4.54. The van der Waals surface area contributed by atoms with Gasteiger partial charge in [-0.1, -0.05) is 45.0 Å². The van der Waals surface area contributed by atoms with E-state index in [1.54, 1.807) is 11.3 Å². The minimum atomic E-state index is 0.178. The molecule has 5 nitrogen and oxygen atoms in total. The van der Waals surface area contributed by atoms with Gasteiger partial charge in [0, 0.05) is 37.8 Å². The molecule has 134 valence electrons. The predicted octanol–water partition coefficient (Wildman–Crippen LogP) is 3.08. The first-order valence-electron chi connectivity index (χ1n) is 8.72. The van der Waals surface area contributed by atoms with Crippen molar-refractivity contribution < 1.29 is 0 Å². The molecule has 1 fully saturated rings. The zero-order valence-electron chi connectivity index (χ0n) is 15.3. The number of guanidine groups is 1. The Hall–Kier alpha value is -2.08. The van der Waals surface area contributed by atoms with E-state index in [-0.39, 0.29) is 5.41 Å². The van der Waals surface area contributed by atoms with Crippen molar-refractivity contribution in [1.29, 1.82) is 0 Å². The van der Waals surface area contributed by atoms with Crippen molar-refractivity contribution in [2.45, 2.75) is 32.7 Å². The average Bonchev–Trinajstić information content (AvgIpc) is 3.14. The van der Waals surface area contributed by atoms with Crippen LogP contribution < -0.4 is 10.6 Å². The lowest BCUT2D eigenvalue weighted by Gasteiger charge is -2.35. The van der Waals surface area contributed by atoms with Crippen LogP contribution in [-0.2, 0) is 12.0 Å². The maximum absolute atomic E-state index is 6.20. The van der Waals surface area contributed by atoms with Crippen molar-refractivity contribution in [3.05, 3.63) is 47.0 Å². The third-order valence-corrected chi connectivity index (χ3v) is 5.37. The third kappa shape index (κ3) is 4.51. The first-order valence-corrected chi connectivity index (χ1v) is 9.60. The molecule has 1 aliphatic rings. The summed E-state index contributed by atoms with van der Waals surface area (Å²) < 4.78 is 0. The largest absolute Gasteiger partial charge is 0.370 e. The molecule has 1 saturated heterocycles. The molecule has 1 aliphatic heterocycles. The molecule has 0 spiro atoms. The van der Waals surface area contributed by atoms with Crippen molar-refractivity contribution in [3.8, 4) is 0 Å². The van der Waals surface area contributed by atoms with Gasteiger partial charge in [0.2, 0.25) is 0 Å². The van der Waals surface area contributed by atoms with Gasteiger partial charge in [0.15, 0.2) is 11.1 Å². The Balaban J connectivity index is 1.54. The molecule has 0 amide bonds. The number of rotatable bonds is 3. The van der Waals surface area contributed by atoms with Gasteiger partial charge in [-0.15, -0.1) is 11.3 Å². The Morgan fingerprint density at radius 1 is 1.16 bits per heavy atom. The summed E-state index contributed by atoms with van der Waals surface area (Å²) in [6, 6.07) is 8.68. The summed E-state index contributed by atoms with van der Waals surface area (Å²) in [7, 11) is 0. The number of benzene rings is 1. The van der Waals surface area contributed by atoms with E-state index >= 15 is 0 Å². The van der Waals surface area contributed by atoms with Crippen LogP contribution in [0.2, 0.25) is 0 Å².